The van der Waals surface area contributed by atoms with Gasteiger partial charge < -0.3 is 15.4 Å². The molecule has 0 aromatic heterocycles. The van der Waals surface area contributed by atoms with Crippen LogP contribution < -0.4 is 10.6 Å². The molecule has 0 bridgehead atoms. The number of nitrogens with one attached hydrogen (secondary N) is 2. The zero-order valence-electron chi connectivity index (χ0n) is 10.2. The normalized spacial score (nSPS) is 11.7. The molecule has 0 fully saturated rings. The SMILES string of the molecule is COCC(=O)Nc1cccc(NC(=O)C(C)Br)c1. The summed E-state index contributed by atoms with van der Waals surface area (Å²) < 4.78 is 4.71. The first kappa shape index (κ1) is 14.7. The van der Waals surface area contributed by atoms with Gasteiger partial charge >= 0.3 is 0 Å². The summed E-state index contributed by atoms with van der Waals surface area (Å²) in [7, 11) is 1.45. The summed E-state index contributed by atoms with van der Waals surface area (Å²) in [4.78, 5) is 22.5. The summed E-state index contributed by atoms with van der Waals surface area (Å²) in [5.41, 5.74) is 1.23. The zero-order chi connectivity index (χ0) is 13.5. The highest BCUT2D eigenvalue weighted by Crippen LogP contribution is 2.16. The van der Waals surface area contributed by atoms with Crippen molar-refractivity contribution in [2.24, 2.45) is 0 Å². The fourth-order valence-corrected chi connectivity index (χ4v) is 1.36. The van der Waals surface area contributed by atoms with Gasteiger partial charge in [0, 0.05) is 18.5 Å². The minimum absolute atomic E-state index is 0.00494. The second kappa shape index (κ2) is 7.13. The number of hydrogen-bond acceptors (Lipinski definition) is 3. The second-order valence-corrected chi connectivity index (χ2v) is 5.04. The van der Waals surface area contributed by atoms with Crippen molar-refractivity contribution in [1.29, 1.82) is 0 Å². The molecule has 0 saturated carbocycles. The van der Waals surface area contributed by atoms with Crippen molar-refractivity contribution in [3.8, 4) is 0 Å². The largest absolute Gasteiger partial charge is 0.375 e. The van der Waals surface area contributed by atoms with E-state index >= 15 is 0 Å². The molecule has 2 N–H and O–H groups in total. The van der Waals surface area contributed by atoms with Crippen molar-refractivity contribution in [3.63, 3.8) is 0 Å². The molecule has 0 radical (unpaired) electrons. The van der Waals surface area contributed by atoms with Gasteiger partial charge in [0.1, 0.15) is 6.61 Å². The molecule has 1 aromatic carbocycles. The molecular formula is C12H15BrN2O3. The highest BCUT2D eigenvalue weighted by Gasteiger charge is 2.09. The number of hydrogen-bond donors (Lipinski definition) is 2. The van der Waals surface area contributed by atoms with Crippen LogP contribution in [-0.4, -0.2) is 30.4 Å². The molecule has 6 heteroatoms. The number of anilines is 2. The molecule has 1 atom stereocenters. The molecule has 98 valence electrons. The molecule has 18 heavy (non-hydrogen) atoms. The van der Waals surface area contributed by atoms with E-state index in [2.05, 4.69) is 26.6 Å². The van der Waals surface area contributed by atoms with Crippen LogP contribution >= 0.6 is 15.9 Å². The number of benzene rings is 1. The number of carbonyl (C=O) groups excluding carboxylic acids is 2. The lowest BCUT2D eigenvalue weighted by molar-refractivity contribution is -0.119. The van der Waals surface area contributed by atoms with Crippen LogP contribution in [0, 0.1) is 0 Å². The summed E-state index contributed by atoms with van der Waals surface area (Å²) >= 11 is 3.18. The van der Waals surface area contributed by atoms with Crippen molar-refractivity contribution in [2.45, 2.75) is 11.8 Å². The van der Waals surface area contributed by atoms with Crippen molar-refractivity contribution in [1.82, 2.24) is 0 Å². The van der Waals surface area contributed by atoms with Gasteiger partial charge in [-0.25, -0.2) is 0 Å². The van der Waals surface area contributed by atoms with Gasteiger partial charge in [0.05, 0.1) is 4.83 Å². The Kier molecular flexibility index (Phi) is 5.80. The van der Waals surface area contributed by atoms with Crippen molar-refractivity contribution < 1.29 is 14.3 Å². The number of halogens is 1. The fourth-order valence-electron chi connectivity index (χ4n) is 1.24. The zero-order valence-corrected chi connectivity index (χ0v) is 11.8. The molecule has 1 unspecified atom stereocenters. The first-order valence-corrected chi connectivity index (χ1v) is 6.28. The quantitative estimate of drug-likeness (QED) is 0.817. The van der Waals surface area contributed by atoms with E-state index in [1.807, 2.05) is 0 Å². The number of rotatable bonds is 5. The monoisotopic (exact) mass is 314 g/mol. The molecule has 0 aliphatic carbocycles. The van der Waals surface area contributed by atoms with Gasteiger partial charge in [0.15, 0.2) is 0 Å². The second-order valence-electron chi connectivity index (χ2n) is 3.67. The Labute approximate surface area is 114 Å². The van der Waals surface area contributed by atoms with E-state index < -0.39 is 0 Å². The average molecular weight is 315 g/mol. The third kappa shape index (κ3) is 4.85. The first-order valence-electron chi connectivity index (χ1n) is 5.36. The Hall–Kier alpha value is -1.40. The summed E-state index contributed by atoms with van der Waals surface area (Å²) in [6.07, 6.45) is 0. The van der Waals surface area contributed by atoms with Gasteiger partial charge in [-0.2, -0.15) is 0 Å². The summed E-state index contributed by atoms with van der Waals surface area (Å²) in [6.45, 7) is 1.73. The maximum Gasteiger partial charge on any atom is 0.250 e. The lowest BCUT2D eigenvalue weighted by Gasteiger charge is -2.09. The molecule has 0 heterocycles. The van der Waals surface area contributed by atoms with Gasteiger partial charge in [-0.1, -0.05) is 22.0 Å². The van der Waals surface area contributed by atoms with Gasteiger partial charge in [-0.15, -0.1) is 0 Å². The Morgan fingerprint density at radius 3 is 2.50 bits per heavy atom. The molecular weight excluding hydrogens is 300 g/mol. The van der Waals surface area contributed by atoms with E-state index in [1.165, 1.54) is 7.11 Å². The minimum Gasteiger partial charge on any atom is -0.375 e. The predicted octanol–water partition coefficient (Wildman–Crippen LogP) is 1.99. The van der Waals surface area contributed by atoms with Gasteiger partial charge in [-0.05, 0) is 25.1 Å². The van der Waals surface area contributed by atoms with Gasteiger partial charge in [0.25, 0.3) is 0 Å². The van der Waals surface area contributed by atoms with E-state index in [4.69, 9.17) is 4.74 Å². The lowest BCUT2D eigenvalue weighted by Crippen LogP contribution is -2.20. The highest BCUT2D eigenvalue weighted by atomic mass is 79.9. The predicted molar refractivity (Wildman–Crippen MR) is 74.0 cm³/mol. The molecule has 1 aromatic rings. The molecule has 0 saturated heterocycles. The molecule has 2 amide bonds. The third-order valence-electron chi connectivity index (χ3n) is 2.05. The Bertz CT molecular complexity index is 435. The van der Waals surface area contributed by atoms with E-state index in [0.717, 1.165) is 0 Å². The van der Waals surface area contributed by atoms with Crippen LogP contribution in [0.3, 0.4) is 0 Å². The molecule has 0 aliphatic rings. The number of methoxy groups -OCH3 is 1. The molecule has 5 nitrogen and oxygen atoms in total. The fraction of sp³-hybridized carbons (Fsp3) is 0.333. The Balaban J connectivity index is 2.67. The van der Waals surface area contributed by atoms with Crippen LogP contribution in [0.1, 0.15) is 6.92 Å². The van der Waals surface area contributed by atoms with Crippen molar-refractivity contribution >= 4 is 39.1 Å². The van der Waals surface area contributed by atoms with E-state index in [9.17, 15) is 9.59 Å². The van der Waals surface area contributed by atoms with E-state index in [0.29, 0.717) is 11.4 Å². The number of amides is 2. The van der Waals surface area contributed by atoms with Crippen LogP contribution in [0.5, 0.6) is 0 Å². The first-order chi connectivity index (χ1) is 8.52. The minimum atomic E-state index is -0.274. The Morgan fingerprint density at radius 1 is 1.33 bits per heavy atom. The maximum atomic E-state index is 11.5. The number of carbonyl (C=O) groups is 2. The van der Waals surface area contributed by atoms with E-state index in [-0.39, 0.29) is 23.2 Å². The average Bonchev–Trinajstić information content (AvgIpc) is 2.29. The summed E-state index contributed by atoms with van der Waals surface area (Å²) in [6, 6.07) is 6.91. The topological polar surface area (TPSA) is 67.4 Å². The van der Waals surface area contributed by atoms with E-state index in [1.54, 1.807) is 31.2 Å². The standard InChI is InChI=1S/C12H15BrN2O3/c1-8(13)12(17)15-10-5-3-4-9(6-10)14-11(16)7-18-2/h3-6,8H,7H2,1-2H3,(H,14,16)(H,15,17). The maximum absolute atomic E-state index is 11.5. The van der Waals surface area contributed by atoms with Crippen LogP contribution in [-0.2, 0) is 14.3 Å². The van der Waals surface area contributed by atoms with Gasteiger partial charge in [0.2, 0.25) is 11.8 Å². The summed E-state index contributed by atoms with van der Waals surface area (Å²) in [5.74, 6) is -0.384. The molecule has 0 aliphatic heterocycles. The number of ether oxygens (including phenoxy) is 1. The number of alkyl halides is 1. The molecule has 0 spiro atoms. The van der Waals surface area contributed by atoms with Gasteiger partial charge in [-0.3, -0.25) is 9.59 Å². The molecule has 1 rings (SSSR count). The van der Waals surface area contributed by atoms with Crippen LogP contribution in [0.25, 0.3) is 0 Å². The lowest BCUT2D eigenvalue weighted by atomic mass is 10.2. The van der Waals surface area contributed by atoms with Crippen molar-refractivity contribution in [3.05, 3.63) is 24.3 Å². The smallest absolute Gasteiger partial charge is 0.250 e. The highest BCUT2D eigenvalue weighted by molar-refractivity contribution is 9.10. The Morgan fingerprint density at radius 2 is 1.94 bits per heavy atom. The summed E-state index contributed by atoms with van der Waals surface area (Å²) in [5, 5.41) is 5.38. The van der Waals surface area contributed by atoms with Crippen LogP contribution in [0.2, 0.25) is 0 Å². The third-order valence-corrected chi connectivity index (χ3v) is 2.47. The van der Waals surface area contributed by atoms with Crippen molar-refractivity contribution in [2.75, 3.05) is 24.4 Å². The van der Waals surface area contributed by atoms with Crippen LogP contribution in [0.4, 0.5) is 11.4 Å². The van der Waals surface area contributed by atoms with Crippen LogP contribution in [0.15, 0.2) is 24.3 Å².